The molecule has 1 amide bonds. The molecule has 3 aromatic carbocycles. The van der Waals surface area contributed by atoms with Crippen LogP contribution in [0, 0.1) is 6.92 Å². The molecule has 0 aliphatic rings. The maximum atomic E-state index is 12.7. The van der Waals surface area contributed by atoms with E-state index in [-0.39, 0.29) is 18.0 Å². The fraction of sp³-hybridized carbons (Fsp3) is 0.240. The molecule has 0 aliphatic carbocycles. The predicted molar refractivity (Wildman–Crippen MR) is 129 cm³/mol. The Bertz CT molecular complexity index is 1340. The Kier molecular flexibility index (Phi) is 6.51. The molecule has 0 saturated carbocycles. The Morgan fingerprint density at radius 2 is 1.52 bits per heavy atom. The average molecular weight is 466 g/mol. The Morgan fingerprint density at radius 3 is 2.09 bits per heavy atom. The van der Waals surface area contributed by atoms with Gasteiger partial charge in [-0.3, -0.25) is 4.79 Å². The minimum Gasteiger partial charge on any atom is -0.389 e. The van der Waals surface area contributed by atoms with Crippen LogP contribution in [0.3, 0.4) is 0 Å². The number of aromatic nitrogens is 1. The van der Waals surface area contributed by atoms with E-state index in [1.54, 1.807) is 12.1 Å². The van der Waals surface area contributed by atoms with Gasteiger partial charge in [-0.05, 0) is 31.2 Å². The highest BCUT2D eigenvalue weighted by Crippen LogP contribution is 2.28. The van der Waals surface area contributed by atoms with Crippen LogP contribution in [-0.4, -0.2) is 54.5 Å². The highest BCUT2D eigenvalue weighted by Gasteiger charge is 2.23. The van der Waals surface area contributed by atoms with E-state index in [9.17, 15) is 18.3 Å². The molecule has 1 atom stereocenters. The minimum atomic E-state index is -3.77. The van der Waals surface area contributed by atoms with E-state index in [2.05, 4.69) is 5.32 Å². The van der Waals surface area contributed by atoms with Crippen LogP contribution in [0.5, 0.6) is 0 Å². The number of likely N-dealkylation sites (N-methyl/N-ethyl adjacent to an activating group) is 1. The zero-order valence-electron chi connectivity index (χ0n) is 18.6. The van der Waals surface area contributed by atoms with Gasteiger partial charge in [-0.1, -0.05) is 54.1 Å². The Balaban J connectivity index is 1.39. The van der Waals surface area contributed by atoms with Crippen LogP contribution in [0.1, 0.15) is 5.56 Å². The van der Waals surface area contributed by atoms with E-state index in [0.717, 1.165) is 31.7 Å². The standard InChI is InChI=1S/C25H27N3O4S/c1-18-11-13-20(14-12-18)33(31,32)27(2)17-25(30)26-15-19(29)16-28-23-9-5-3-7-21(23)22-8-4-6-10-24(22)28/h3-14,19,29H,15-17H2,1-2H3,(H,26,30). The first kappa shape index (κ1) is 23.0. The molecule has 0 saturated heterocycles. The molecular weight excluding hydrogens is 438 g/mol. The van der Waals surface area contributed by atoms with Crippen LogP contribution >= 0.6 is 0 Å². The number of para-hydroxylation sites is 2. The summed E-state index contributed by atoms with van der Waals surface area (Å²) in [7, 11) is -2.41. The molecule has 8 heteroatoms. The number of aliphatic hydroxyl groups is 1. The molecule has 4 rings (SSSR count). The minimum absolute atomic E-state index is 0.0120. The number of aliphatic hydroxyl groups excluding tert-OH is 1. The lowest BCUT2D eigenvalue weighted by Gasteiger charge is -2.18. The van der Waals surface area contributed by atoms with Gasteiger partial charge >= 0.3 is 0 Å². The number of nitrogens with zero attached hydrogens (tertiary/aromatic N) is 2. The van der Waals surface area contributed by atoms with E-state index in [4.69, 9.17) is 0 Å². The van der Waals surface area contributed by atoms with Crippen LogP contribution in [0.4, 0.5) is 0 Å². The van der Waals surface area contributed by atoms with Crippen LogP contribution in [0.15, 0.2) is 77.7 Å². The molecule has 1 unspecified atom stereocenters. The number of aryl methyl sites for hydroxylation is 1. The fourth-order valence-electron chi connectivity index (χ4n) is 3.94. The molecule has 7 nitrogen and oxygen atoms in total. The summed E-state index contributed by atoms with van der Waals surface area (Å²) in [6, 6.07) is 22.5. The lowest BCUT2D eigenvalue weighted by molar-refractivity contribution is -0.121. The van der Waals surface area contributed by atoms with Crippen LogP contribution in [0.2, 0.25) is 0 Å². The lowest BCUT2D eigenvalue weighted by atomic mass is 10.2. The van der Waals surface area contributed by atoms with Crippen LogP contribution in [-0.2, 0) is 21.4 Å². The largest absolute Gasteiger partial charge is 0.389 e. The lowest BCUT2D eigenvalue weighted by Crippen LogP contribution is -2.41. The number of benzene rings is 3. The number of nitrogens with one attached hydrogen (secondary N) is 1. The van der Waals surface area contributed by atoms with E-state index in [0.29, 0.717) is 6.54 Å². The summed E-state index contributed by atoms with van der Waals surface area (Å²) in [6.45, 7) is 1.85. The van der Waals surface area contributed by atoms with Gasteiger partial charge in [0.1, 0.15) is 0 Å². The summed E-state index contributed by atoms with van der Waals surface area (Å²) in [6.07, 6.45) is -0.841. The van der Waals surface area contributed by atoms with Crippen molar-refractivity contribution >= 4 is 37.7 Å². The number of hydrogen-bond donors (Lipinski definition) is 2. The molecule has 33 heavy (non-hydrogen) atoms. The fourth-order valence-corrected chi connectivity index (χ4v) is 5.07. The number of fused-ring (bicyclic) bond motifs is 3. The van der Waals surface area contributed by atoms with Crippen molar-refractivity contribution < 1.29 is 18.3 Å². The smallest absolute Gasteiger partial charge is 0.243 e. The first-order valence-electron chi connectivity index (χ1n) is 10.7. The maximum Gasteiger partial charge on any atom is 0.243 e. The van der Waals surface area contributed by atoms with Crippen LogP contribution < -0.4 is 5.32 Å². The van der Waals surface area contributed by atoms with E-state index in [1.165, 1.54) is 19.2 Å². The molecule has 0 fully saturated rings. The Morgan fingerprint density at radius 1 is 0.970 bits per heavy atom. The number of carbonyl (C=O) groups excluding carboxylic acids is 1. The van der Waals surface area contributed by atoms with Crippen molar-refractivity contribution in [1.29, 1.82) is 0 Å². The van der Waals surface area contributed by atoms with Gasteiger partial charge in [0.15, 0.2) is 0 Å². The predicted octanol–water partition coefficient (Wildman–Crippen LogP) is 2.90. The second-order valence-electron chi connectivity index (χ2n) is 8.18. The summed E-state index contributed by atoms with van der Waals surface area (Å²) >= 11 is 0. The summed E-state index contributed by atoms with van der Waals surface area (Å²) in [4.78, 5) is 12.5. The average Bonchev–Trinajstić information content (AvgIpc) is 3.12. The molecule has 1 heterocycles. The summed E-state index contributed by atoms with van der Waals surface area (Å²) in [5.74, 6) is -0.477. The number of amides is 1. The summed E-state index contributed by atoms with van der Waals surface area (Å²) in [5.41, 5.74) is 2.97. The molecule has 172 valence electrons. The van der Waals surface area contributed by atoms with Gasteiger partial charge < -0.3 is 15.0 Å². The van der Waals surface area contributed by atoms with E-state index >= 15 is 0 Å². The van der Waals surface area contributed by atoms with Crippen LogP contribution in [0.25, 0.3) is 21.8 Å². The Labute approximate surface area is 193 Å². The summed E-state index contributed by atoms with van der Waals surface area (Å²) in [5, 5.41) is 15.5. The van der Waals surface area contributed by atoms with Crippen molar-refractivity contribution in [3.63, 3.8) is 0 Å². The quantitative estimate of drug-likeness (QED) is 0.419. The molecule has 0 radical (unpaired) electrons. The van der Waals surface area contributed by atoms with Gasteiger partial charge in [0.05, 0.1) is 24.1 Å². The third kappa shape index (κ3) is 4.78. The second kappa shape index (κ2) is 9.35. The van der Waals surface area contributed by atoms with Gasteiger partial charge in [0.25, 0.3) is 0 Å². The van der Waals surface area contributed by atoms with Crippen molar-refractivity contribution in [3.05, 3.63) is 78.4 Å². The van der Waals surface area contributed by atoms with Crippen molar-refractivity contribution in [3.8, 4) is 0 Å². The van der Waals surface area contributed by atoms with Gasteiger partial charge in [-0.2, -0.15) is 4.31 Å². The van der Waals surface area contributed by atoms with Gasteiger partial charge in [0, 0.05) is 35.4 Å². The van der Waals surface area contributed by atoms with Gasteiger partial charge in [-0.15, -0.1) is 0 Å². The highest BCUT2D eigenvalue weighted by atomic mass is 32.2. The van der Waals surface area contributed by atoms with Crippen molar-refractivity contribution in [2.24, 2.45) is 0 Å². The monoisotopic (exact) mass is 465 g/mol. The third-order valence-corrected chi connectivity index (χ3v) is 7.52. The molecular formula is C25H27N3O4S. The number of hydrogen-bond acceptors (Lipinski definition) is 4. The zero-order chi connectivity index (χ0) is 23.6. The SMILES string of the molecule is Cc1ccc(S(=O)(=O)N(C)CC(=O)NCC(O)Cn2c3ccccc3c3ccccc32)cc1. The van der Waals surface area contributed by atoms with E-state index in [1.807, 2.05) is 60.0 Å². The van der Waals surface area contributed by atoms with Gasteiger partial charge in [-0.25, -0.2) is 8.42 Å². The molecule has 2 N–H and O–H groups in total. The van der Waals surface area contributed by atoms with E-state index < -0.39 is 22.0 Å². The second-order valence-corrected chi connectivity index (χ2v) is 10.2. The molecule has 1 aromatic heterocycles. The molecule has 0 spiro atoms. The number of sulfonamides is 1. The number of carbonyl (C=O) groups is 1. The molecule has 4 aromatic rings. The van der Waals surface area contributed by atoms with Crippen molar-refractivity contribution in [2.45, 2.75) is 24.5 Å². The number of rotatable bonds is 8. The van der Waals surface area contributed by atoms with Gasteiger partial charge in [0.2, 0.25) is 15.9 Å². The highest BCUT2D eigenvalue weighted by molar-refractivity contribution is 7.89. The normalized spacial score (nSPS) is 13.0. The maximum absolute atomic E-state index is 12.7. The molecule has 0 aliphatic heterocycles. The summed E-state index contributed by atoms with van der Waals surface area (Å²) < 4.78 is 28.4. The third-order valence-electron chi connectivity index (χ3n) is 5.70. The first-order chi connectivity index (χ1) is 15.8. The Hall–Kier alpha value is -3.20. The van der Waals surface area contributed by atoms with Crippen molar-refractivity contribution in [1.82, 2.24) is 14.2 Å². The molecule has 0 bridgehead atoms. The zero-order valence-corrected chi connectivity index (χ0v) is 19.4. The topological polar surface area (TPSA) is 91.6 Å². The van der Waals surface area contributed by atoms with Crippen molar-refractivity contribution in [2.75, 3.05) is 20.1 Å². The first-order valence-corrected chi connectivity index (χ1v) is 12.1.